The number of aldehydes is 1. The van der Waals surface area contributed by atoms with Gasteiger partial charge >= 0.3 is 11.4 Å². The number of anilines is 2. The van der Waals surface area contributed by atoms with Crippen LogP contribution in [0.2, 0.25) is 0 Å². The van der Waals surface area contributed by atoms with Crippen molar-refractivity contribution < 1.29 is 71.3 Å². The molecule has 2 aromatic carbocycles. The molecule has 3 aliphatic heterocycles. The number of imidazole rings is 2. The smallest absolute Gasteiger partial charge is 0.329 e. The number of hydrogen-bond donors (Lipinski definition) is 6. The molecule has 3 aliphatic carbocycles. The number of nitrogens with one attached hydrogen (secondary N) is 5. The summed E-state index contributed by atoms with van der Waals surface area (Å²) in [5, 5.41) is 12.1. The van der Waals surface area contributed by atoms with E-state index in [1.165, 1.54) is 35.0 Å². The number of fused-ring (bicyclic) bond motifs is 4. The number of Topliss-reactive ketones (excluding diaryl/α,β-unsaturated/α-hetero) is 2. The minimum atomic E-state index is -0.691. The molecule has 6 fully saturated rings. The Kier molecular flexibility index (Phi) is 33.4. The van der Waals surface area contributed by atoms with Crippen molar-refractivity contribution >= 4 is 85.4 Å². The zero-order valence-corrected chi connectivity index (χ0v) is 67.0. The van der Waals surface area contributed by atoms with Crippen molar-refractivity contribution in [2.45, 2.75) is 190 Å². The van der Waals surface area contributed by atoms with Gasteiger partial charge < -0.3 is 78.5 Å². The number of rotatable bonds is 40. The fourth-order valence-electron chi connectivity index (χ4n) is 17.0. The molecule has 6 aliphatic rings. The van der Waals surface area contributed by atoms with Crippen LogP contribution in [-0.4, -0.2) is 228 Å². The zero-order chi connectivity index (χ0) is 80.1. The Hall–Kier alpha value is -8.47. The van der Waals surface area contributed by atoms with Crippen LogP contribution in [0.3, 0.4) is 0 Å². The highest BCUT2D eigenvalue weighted by Gasteiger charge is 2.35. The number of para-hydroxylation sites is 2. The monoisotopic (exact) mass is 1590 g/mol. The molecule has 2 atom stereocenters. The molecule has 31 heteroatoms. The normalized spacial score (nSPS) is 20.5. The van der Waals surface area contributed by atoms with Crippen molar-refractivity contribution in [2.75, 3.05) is 143 Å². The number of carbonyl (C=O) groups excluding carboxylic acids is 5. The van der Waals surface area contributed by atoms with Gasteiger partial charge in [-0.15, -0.1) is 0 Å². The molecule has 6 aromatic heterocycles. The largest absolute Gasteiger partial charge is 0.381 e. The number of aryl methyl sites for hydroxylation is 4. The van der Waals surface area contributed by atoms with E-state index < -0.39 is 18.0 Å². The Bertz CT molecular complexity index is 4540. The lowest BCUT2D eigenvalue weighted by Gasteiger charge is -2.30. The Morgan fingerprint density at radius 3 is 1.40 bits per heavy atom. The maximum absolute atomic E-state index is 13.2. The molecule has 3 saturated heterocycles. The first-order chi connectivity index (χ1) is 56.3. The van der Waals surface area contributed by atoms with E-state index in [2.05, 4.69) is 58.2 Å². The first-order valence-electron chi connectivity index (χ1n) is 41.7. The lowest BCUT2D eigenvalue weighted by atomic mass is 9.83. The summed E-state index contributed by atoms with van der Waals surface area (Å²) in [5.41, 5.74) is 15.1. The summed E-state index contributed by atoms with van der Waals surface area (Å²) in [5.74, 6) is 2.74. The number of imide groups is 1. The van der Waals surface area contributed by atoms with Gasteiger partial charge in [0.05, 0.1) is 125 Å². The van der Waals surface area contributed by atoms with Crippen molar-refractivity contribution in [1.82, 2.24) is 53.5 Å². The molecule has 2 unspecified atom stereocenters. The summed E-state index contributed by atoms with van der Waals surface area (Å²) >= 11 is 0. The van der Waals surface area contributed by atoms with E-state index >= 15 is 0 Å². The van der Waals surface area contributed by atoms with Crippen LogP contribution >= 0.6 is 0 Å². The van der Waals surface area contributed by atoms with Crippen LogP contribution in [0, 0.1) is 5.92 Å². The number of carbonyl (C=O) groups is 5. The molecule has 0 bridgehead atoms. The standard InChI is InChI=1S/C43H60N6O8.C24H33N3O8.C17H25N5O/c1-48-40-32(6-2-8-37(40)49(43(48)52)36-14-13-34(50)27-38(36)51)7-4-18-54-22-24-57-26-25-56-23-21-53-17-3-5-30-9-11-33(12-10-30)47-42-39-35(31-15-19-55-20-16-31)28-44-41(39)45-29-46-42;1-26-22-18(5-3-10-32-12-14-34-16-17-35-15-13-33-11-9-28)4-2-6-19(22)27(24(26)31)20-7-8-21(29)25-23(20)30;18-12-1-3-13(4-2-12)22-17-15-14(11-5-7-23-8-6-11)9-19-16(15)20-10-21-17/h2,6,8,28-31,33,36H,3-5,7,9-27H2,1H3,(H2,44,45,46,47);2,4,6,9,20H,3,5,7-8,10-17H2,1H3,(H,25,29,30);9-13H,1-8,18H2,(H2,19,20,21,22). The van der Waals surface area contributed by atoms with Gasteiger partial charge in [-0.3, -0.25) is 42.8 Å². The quantitative estimate of drug-likeness (QED) is 0.00903. The number of ketones is 2. The third kappa shape index (κ3) is 23.7. The number of nitrogens with two attached hydrogens (primary N) is 1. The van der Waals surface area contributed by atoms with Gasteiger partial charge in [0, 0.05) is 104 Å². The summed E-state index contributed by atoms with van der Waals surface area (Å²) in [6.07, 6.45) is 28.1. The summed E-state index contributed by atoms with van der Waals surface area (Å²) in [6, 6.07) is 11.5. The molecule has 0 spiro atoms. The molecular formula is C84H118N14O17. The zero-order valence-electron chi connectivity index (χ0n) is 67.0. The molecule has 115 heavy (non-hydrogen) atoms. The predicted molar refractivity (Wildman–Crippen MR) is 434 cm³/mol. The second kappa shape index (κ2) is 44.7. The Morgan fingerprint density at radius 2 is 0.939 bits per heavy atom. The molecule has 31 nitrogen and oxygen atoms in total. The maximum Gasteiger partial charge on any atom is 0.329 e. The maximum atomic E-state index is 13.2. The van der Waals surface area contributed by atoms with Crippen LogP contribution in [0.1, 0.15) is 181 Å². The van der Waals surface area contributed by atoms with E-state index in [1.807, 2.05) is 36.4 Å². The predicted octanol–water partition coefficient (Wildman–Crippen LogP) is 8.87. The molecule has 7 N–H and O–H groups in total. The van der Waals surface area contributed by atoms with Gasteiger partial charge in [0.2, 0.25) is 11.8 Å². The van der Waals surface area contributed by atoms with E-state index in [4.69, 9.17) is 53.1 Å². The number of benzene rings is 2. The van der Waals surface area contributed by atoms with E-state index in [0.717, 1.165) is 190 Å². The van der Waals surface area contributed by atoms with E-state index in [-0.39, 0.29) is 48.3 Å². The van der Waals surface area contributed by atoms with Crippen molar-refractivity contribution in [3.8, 4) is 0 Å². The van der Waals surface area contributed by atoms with Crippen LogP contribution in [0.25, 0.3) is 44.1 Å². The topological polar surface area (TPSA) is 377 Å². The van der Waals surface area contributed by atoms with Crippen LogP contribution < -0.4 is 33.1 Å². The first-order valence-corrected chi connectivity index (χ1v) is 41.7. The number of aromatic amines is 2. The molecule has 14 rings (SSSR count). The first kappa shape index (κ1) is 85.9. The molecule has 3 saturated carbocycles. The average Bonchev–Trinajstić information content (AvgIpc) is 1.60. The molecule has 9 heterocycles. The molecule has 8 aromatic rings. The van der Waals surface area contributed by atoms with E-state index in [1.54, 1.807) is 40.5 Å². The number of aromatic nitrogens is 10. The minimum absolute atomic E-state index is 0.0520. The number of nitrogens with zero attached hydrogens (tertiary/aromatic N) is 8. The summed E-state index contributed by atoms with van der Waals surface area (Å²) < 4.78 is 61.7. The second-order valence-electron chi connectivity index (χ2n) is 30.8. The average molecular weight is 1600 g/mol. The highest BCUT2D eigenvalue weighted by atomic mass is 16.6. The summed E-state index contributed by atoms with van der Waals surface area (Å²) in [7, 11) is 3.44. The fourth-order valence-corrected chi connectivity index (χ4v) is 17.0. The van der Waals surface area contributed by atoms with E-state index in [0.29, 0.717) is 160 Å². The van der Waals surface area contributed by atoms with Crippen molar-refractivity contribution in [2.24, 2.45) is 25.7 Å². The number of H-pyrrole nitrogens is 2. The Morgan fingerprint density at radius 1 is 0.504 bits per heavy atom. The van der Waals surface area contributed by atoms with Gasteiger partial charge in [0.1, 0.15) is 60.3 Å². The highest BCUT2D eigenvalue weighted by molar-refractivity contribution is 6.04. The third-order valence-electron chi connectivity index (χ3n) is 23.1. The van der Waals surface area contributed by atoms with Gasteiger partial charge in [-0.05, 0) is 181 Å². The minimum Gasteiger partial charge on any atom is -0.381 e. The summed E-state index contributed by atoms with van der Waals surface area (Å²) in [4.78, 5) is 109. The van der Waals surface area contributed by atoms with Crippen molar-refractivity contribution in [1.29, 1.82) is 0 Å². The van der Waals surface area contributed by atoms with Crippen LogP contribution in [0.15, 0.2) is 71.0 Å². The molecule has 626 valence electrons. The van der Waals surface area contributed by atoms with Gasteiger partial charge in [0.15, 0.2) is 5.78 Å². The van der Waals surface area contributed by atoms with Gasteiger partial charge in [-0.1, -0.05) is 24.3 Å². The number of ether oxygens (including phenoxy) is 10. The number of piperidine rings is 1. The van der Waals surface area contributed by atoms with E-state index in [9.17, 15) is 33.6 Å². The lowest BCUT2D eigenvalue weighted by molar-refractivity contribution is -0.136. The number of hydrogen-bond acceptors (Lipinski definition) is 24. The van der Waals surface area contributed by atoms with Crippen LogP contribution in [0.4, 0.5) is 11.6 Å². The van der Waals surface area contributed by atoms with Gasteiger partial charge in [-0.25, -0.2) is 29.5 Å². The van der Waals surface area contributed by atoms with Crippen molar-refractivity contribution in [3.05, 3.63) is 105 Å². The Labute approximate surface area is 670 Å². The number of amides is 2. The van der Waals surface area contributed by atoms with Gasteiger partial charge in [-0.2, -0.15) is 0 Å². The van der Waals surface area contributed by atoms with Crippen LogP contribution in [0.5, 0.6) is 0 Å². The lowest BCUT2D eigenvalue weighted by Crippen LogP contribution is -2.44. The molecular weight excluding hydrogens is 1480 g/mol. The van der Waals surface area contributed by atoms with Crippen LogP contribution in [-0.2, 0) is 98.3 Å². The van der Waals surface area contributed by atoms with Crippen molar-refractivity contribution in [3.63, 3.8) is 0 Å². The Balaban J connectivity index is 0.000000177. The molecule has 0 radical (unpaired) electrons. The second-order valence-corrected chi connectivity index (χ2v) is 30.8. The van der Waals surface area contributed by atoms with Gasteiger partial charge in [0.25, 0.3) is 0 Å². The summed E-state index contributed by atoms with van der Waals surface area (Å²) in [6.45, 7) is 11.1. The third-order valence-corrected chi connectivity index (χ3v) is 23.1. The SMILES string of the molecule is Cn1c(=O)n(C2CCC(=O)CC2=O)c2cccc(CCCOCCOCCOCCOCCCC3CCC(Nc4ncnc5[nH]cc(C6CCOCC6)c45)CC3)c21.Cn1c(=O)n(C2CCC(=O)NC2=O)c2cccc(CCCOCCOCCOCCOCC=O)c21.NC1CCC(Nc2ncnc3[nH]cc(C4CCOCC4)c23)CC1. The fraction of sp³-hybridized carbons (Fsp3) is 0.631. The molecule has 2 amide bonds. The highest BCUT2D eigenvalue weighted by Crippen LogP contribution is 2.39.